The first-order valence-electron chi connectivity index (χ1n) is 19.2. The minimum absolute atomic E-state index is 0.00175. The maximum absolute atomic E-state index is 14.5. The Morgan fingerprint density at radius 3 is 2.50 bits per heavy atom. The lowest BCUT2D eigenvalue weighted by atomic mass is 9.99. The fraction of sp³-hybridized carbons (Fsp3) is 0.615. The SMILES string of the molecule is CCC1CC1(NC(=O)C1CC(OC(=O)N2Cc3cccc(Cl)c3C2)CN1C(=O)/C(=C/N=C1CCCCC(C(C)C)=CS1)C(C)C)C(=O)NS(=O)(=O)C1CC1. The highest BCUT2D eigenvalue weighted by atomic mass is 35.5. The Morgan fingerprint density at radius 1 is 1.11 bits per heavy atom. The topological polar surface area (TPSA) is 155 Å². The monoisotopic (exact) mass is 801 g/mol. The van der Waals surface area contributed by atoms with Crippen LogP contribution in [0, 0.1) is 17.8 Å². The Morgan fingerprint density at radius 2 is 1.85 bits per heavy atom. The third kappa shape index (κ3) is 8.86. The average Bonchev–Trinajstić information content (AvgIpc) is 3.99. The molecule has 4 amide bonds. The fourth-order valence-electron chi connectivity index (χ4n) is 7.52. The molecule has 0 bridgehead atoms. The van der Waals surface area contributed by atoms with Crippen LogP contribution in [0.4, 0.5) is 4.79 Å². The van der Waals surface area contributed by atoms with E-state index < -0.39 is 56.8 Å². The van der Waals surface area contributed by atoms with Crippen LogP contribution in [0.2, 0.25) is 5.02 Å². The number of benzene rings is 1. The normalized spacial score (nSPS) is 26.7. The number of nitrogens with zero attached hydrogens (tertiary/aromatic N) is 3. The Kier molecular flexibility index (Phi) is 12.2. The molecule has 2 saturated carbocycles. The predicted molar refractivity (Wildman–Crippen MR) is 210 cm³/mol. The zero-order valence-electron chi connectivity index (χ0n) is 31.7. The van der Waals surface area contributed by atoms with Gasteiger partial charge in [0.2, 0.25) is 15.9 Å². The third-order valence-electron chi connectivity index (χ3n) is 11.2. The first kappa shape index (κ1) is 40.3. The van der Waals surface area contributed by atoms with E-state index >= 15 is 0 Å². The van der Waals surface area contributed by atoms with Crippen molar-refractivity contribution in [2.75, 3.05) is 6.54 Å². The lowest BCUT2D eigenvalue weighted by Crippen LogP contribution is -2.56. The summed E-state index contributed by atoms with van der Waals surface area (Å²) in [5.41, 5.74) is 2.13. The second kappa shape index (κ2) is 16.4. The Hall–Kier alpha value is -3.36. The van der Waals surface area contributed by atoms with Crippen LogP contribution in [0.1, 0.15) is 104 Å². The molecule has 3 aliphatic heterocycles. The highest BCUT2D eigenvalue weighted by Gasteiger charge is 2.62. The molecule has 3 heterocycles. The molecule has 4 atom stereocenters. The summed E-state index contributed by atoms with van der Waals surface area (Å²) in [4.78, 5) is 63.5. The van der Waals surface area contributed by atoms with E-state index in [-0.39, 0.29) is 37.8 Å². The number of allylic oxidation sites excluding steroid dienone is 1. The first-order chi connectivity index (χ1) is 25.6. The fourth-order valence-corrected chi connectivity index (χ4v) is 10.2. The largest absolute Gasteiger partial charge is 0.444 e. The highest BCUT2D eigenvalue weighted by Crippen LogP contribution is 2.47. The Bertz CT molecular complexity index is 1870. The number of halogens is 1. The van der Waals surface area contributed by atoms with Gasteiger partial charge in [-0.3, -0.25) is 29.0 Å². The van der Waals surface area contributed by atoms with Gasteiger partial charge in [0.1, 0.15) is 17.7 Å². The molecule has 54 heavy (non-hydrogen) atoms. The van der Waals surface area contributed by atoms with E-state index in [1.807, 2.05) is 32.9 Å². The minimum Gasteiger partial charge on any atom is -0.444 e. The lowest BCUT2D eigenvalue weighted by molar-refractivity contribution is -0.138. The van der Waals surface area contributed by atoms with Crippen LogP contribution >= 0.6 is 23.4 Å². The summed E-state index contributed by atoms with van der Waals surface area (Å²) < 4.78 is 33.6. The molecule has 2 N–H and O–H groups in total. The van der Waals surface area contributed by atoms with E-state index in [1.54, 1.807) is 24.0 Å². The predicted octanol–water partition coefficient (Wildman–Crippen LogP) is 6.44. The van der Waals surface area contributed by atoms with Crippen molar-refractivity contribution < 1.29 is 32.3 Å². The molecule has 3 fully saturated rings. The van der Waals surface area contributed by atoms with Crippen LogP contribution < -0.4 is 10.0 Å². The summed E-state index contributed by atoms with van der Waals surface area (Å²) in [6, 6.07) is 4.42. The van der Waals surface area contributed by atoms with Gasteiger partial charge in [-0.15, -0.1) is 0 Å². The number of rotatable bonds is 11. The van der Waals surface area contributed by atoms with Gasteiger partial charge in [0.25, 0.3) is 11.8 Å². The van der Waals surface area contributed by atoms with Gasteiger partial charge in [0, 0.05) is 29.8 Å². The maximum Gasteiger partial charge on any atom is 0.410 e. The second-order valence-electron chi connectivity index (χ2n) is 15.8. The van der Waals surface area contributed by atoms with Crippen molar-refractivity contribution in [3.63, 3.8) is 0 Å². The zero-order chi connectivity index (χ0) is 38.9. The van der Waals surface area contributed by atoms with Gasteiger partial charge >= 0.3 is 6.09 Å². The van der Waals surface area contributed by atoms with Crippen molar-refractivity contribution in [3.05, 3.63) is 57.1 Å². The summed E-state index contributed by atoms with van der Waals surface area (Å²) in [6.07, 6.45) is 5.89. The second-order valence-corrected chi connectivity index (χ2v) is 19.1. The van der Waals surface area contributed by atoms with E-state index in [0.717, 1.165) is 41.9 Å². The van der Waals surface area contributed by atoms with Crippen molar-refractivity contribution in [2.45, 2.75) is 128 Å². The maximum atomic E-state index is 14.5. The molecule has 1 aromatic carbocycles. The molecule has 0 aromatic heterocycles. The minimum atomic E-state index is -3.85. The van der Waals surface area contributed by atoms with E-state index in [2.05, 4.69) is 29.3 Å². The van der Waals surface area contributed by atoms with E-state index in [4.69, 9.17) is 21.3 Å². The van der Waals surface area contributed by atoms with Crippen LogP contribution in [0.25, 0.3) is 0 Å². The number of carbonyl (C=O) groups excluding carboxylic acids is 4. The lowest BCUT2D eigenvalue weighted by Gasteiger charge is -2.28. The smallest absolute Gasteiger partial charge is 0.410 e. The van der Waals surface area contributed by atoms with Crippen LogP contribution in [0.3, 0.4) is 0 Å². The molecule has 1 aromatic rings. The van der Waals surface area contributed by atoms with Gasteiger partial charge in [-0.05, 0) is 85.3 Å². The standard InChI is InChI=1S/C39H52ClN5O7S2/c1-6-27-17-39(27,37(48)43-54(50,51)29-14-15-29)42-35(46)33-16-28(52-38(49)44-19-25-11-9-12-32(40)31(25)21-44)20-45(33)36(47)30(24(4)5)18-41-34-13-8-7-10-26(22-53-34)23(2)3/h9,11-12,18,22-24,27-29,33H,6-8,10,13-17,19-21H2,1-5H3,(H,42,46)(H,43,48)/b26-22?,30-18+,41-34?. The number of amides is 4. The van der Waals surface area contributed by atoms with Crippen LogP contribution in [-0.2, 0) is 42.2 Å². The third-order valence-corrected chi connectivity index (χ3v) is 14.4. The van der Waals surface area contributed by atoms with Crippen LogP contribution in [-0.4, -0.2) is 76.6 Å². The summed E-state index contributed by atoms with van der Waals surface area (Å²) in [5.74, 6) is -1.86. The summed E-state index contributed by atoms with van der Waals surface area (Å²) in [5, 5.41) is 5.90. The molecular formula is C39H52ClN5O7S2. The molecule has 6 rings (SSSR count). The molecular weight excluding hydrogens is 750 g/mol. The average molecular weight is 802 g/mol. The molecule has 15 heteroatoms. The summed E-state index contributed by atoms with van der Waals surface area (Å²) in [7, 11) is -3.85. The van der Waals surface area contributed by atoms with Crippen molar-refractivity contribution in [2.24, 2.45) is 22.7 Å². The van der Waals surface area contributed by atoms with Crippen LogP contribution in [0.5, 0.6) is 0 Å². The van der Waals surface area contributed by atoms with Gasteiger partial charge in [0.15, 0.2) is 0 Å². The molecule has 0 spiro atoms. The van der Waals surface area contributed by atoms with Crippen LogP contribution in [0.15, 0.2) is 45.9 Å². The Labute approximate surface area is 328 Å². The van der Waals surface area contributed by atoms with Gasteiger partial charge in [-0.1, -0.05) is 82.1 Å². The van der Waals surface area contributed by atoms with Crippen molar-refractivity contribution in [1.82, 2.24) is 19.8 Å². The van der Waals surface area contributed by atoms with E-state index in [0.29, 0.717) is 42.3 Å². The van der Waals surface area contributed by atoms with Gasteiger partial charge in [-0.2, -0.15) is 0 Å². The first-order valence-corrected chi connectivity index (χ1v) is 22.0. The van der Waals surface area contributed by atoms with E-state index in [1.165, 1.54) is 15.4 Å². The number of aliphatic imine (C=N–C) groups is 1. The number of hydrogen-bond donors (Lipinski definition) is 2. The number of thioether (sulfide) groups is 1. The number of ether oxygens (including phenoxy) is 1. The summed E-state index contributed by atoms with van der Waals surface area (Å²) >= 11 is 7.97. The van der Waals surface area contributed by atoms with Crippen molar-refractivity contribution in [1.29, 1.82) is 0 Å². The summed E-state index contributed by atoms with van der Waals surface area (Å²) in [6.45, 7) is 10.6. The molecule has 1 saturated heterocycles. The number of carbonyl (C=O) groups is 4. The molecule has 294 valence electrons. The zero-order valence-corrected chi connectivity index (χ0v) is 34.1. The number of fused-ring (bicyclic) bond motifs is 1. The number of hydrogen-bond acceptors (Lipinski definition) is 9. The highest BCUT2D eigenvalue weighted by molar-refractivity contribution is 8.16. The van der Waals surface area contributed by atoms with Gasteiger partial charge < -0.3 is 15.0 Å². The number of nitrogens with one attached hydrogen (secondary N) is 2. The van der Waals surface area contributed by atoms with Crippen molar-refractivity contribution in [3.8, 4) is 0 Å². The molecule has 2 aliphatic carbocycles. The molecule has 4 unspecified atom stereocenters. The quantitative estimate of drug-likeness (QED) is 0.243. The van der Waals surface area contributed by atoms with E-state index in [9.17, 15) is 27.6 Å². The molecule has 12 nitrogen and oxygen atoms in total. The number of likely N-dealkylation sites (tertiary alicyclic amines) is 1. The number of sulfonamides is 1. The molecule has 5 aliphatic rings. The Balaban J connectivity index is 1.24. The van der Waals surface area contributed by atoms with Crippen molar-refractivity contribution >= 4 is 62.2 Å². The van der Waals surface area contributed by atoms with Gasteiger partial charge in [0.05, 0.1) is 23.4 Å². The van der Waals surface area contributed by atoms with Gasteiger partial charge in [-0.25, -0.2) is 13.2 Å². The molecule has 0 radical (unpaired) electrons.